The van der Waals surface area contributed by atoms with E-state index in [4.69, 9.17) is 24.7 Å². The average Bonchev–Trinajstić information content (AvgIpc) is 3.43. The number of anilines is 1. The van der Waals surface area contributed by atoms with Crippen LogP contribution < -0.4 is 11.3 Å². The van der Waals surface area contributed by atoms with Crippen LogP contribution in [0.15, 0.2) is 35.1 Å². The van der Waals surface area contributed by atoms with Crippen LogP contribution in [0.1, 0.15) is 30.4 Å². The van der Waals surface area contributed by atoms with Crippen molar-refractivity contribution in [3.8, 4) is 0 Å². The van der Waals surface area contributed by atoms with Gasteiger partial charge in [-0.05, 0) is 26.0 Å². The first-order valence-corrected chi connectivity index (χ1v) is 10.3. The van der Waals surface area contributed by atoms with Crippen LogP contribution in [-0.4, -0.2) is 61.6 Å². The molecule has 3 aromatic rings. The van der Waals surface area contributed by atoms with Crippen LogP contribution in [0.4, 0.5) is 11.5 Å². The number of hydrogen-bond acceptors (Lipinski definition) is 11. The SMILES string of the molecule is CC1(C)O[C@@H]2[C@H](O1)[C@@H](COC(=O)c1ccc([N+](=O)[O-])cc1)O[C@@H]2n1nnc2c(=O)[nH]c(N)cc21. The minimum atomic E-state index is -0.940. The molecule has 0 spiro atoms. The minimum absolute atomic E-state index is 0.0839. The number of nitrogens with two attached hydrogens (primary N) is 1. The van der Waals surface area contributed by atoms with Crippen molar-refractivity contribution in [2.24, 2.45) is 0 Å². The molecular formula is C20H20N6O8. The molecule has 0 radical (unpaired) electrons. The van der Waals surface area contributed by atoms with Gasteiger partial charge >= 0.3 is 5.97 Å². The predicted octanol–water partition coefficient (Wildman–Crippen LogP) is 0.885. The van der Waals surface area contributed by atoms with Crippen LogP contribution >= 0.6 is 0 Å². The smallest absolute Gasteiger partial charge is 0.338 e. The van der Waals surface area contributed by atoms with E-state index in [-0.39, 0.29) is 29.2 Å². The maximum Gasteiger partial charge on any atom is 0.338 e. The van der Waals surface area contributed by atoms with Gasteiger partial charge in [-0.1, -0.05) is 5.21 Å². The van der Waals surface area contributed by atoms with Crippen LogP contribution in [0.3, 0.4) is 0 Å². The number of non-ortho nitro benzene ring substituents is 1. The van der Waals surface area contributed by atoms with E-state index in [9.17, 15) is 19.7 Å². The molecule has 2 aromatic heterocycles. The third-order valence-electron chi connectivity index (χ3n) is 5.55. The number of nitrogen functional groups attached to an aromatic ring is 1. The van der Waals surface area contributed by atoms with Gasteiger partial charge in [0.25, 0.3) is 11.2 Å². The monoisotopic (exact) mass is 472 g/mol. The number of carbonyl (C=O) groups is 1. The molecule has 2 aliphatic heterocycles. The maximum atomic E-state index is 12.5. The van der Waals surface area contributed by atoms with Crippen LogP contribution in [0.25, 0.3) is 11.0 Å². The Hall–Kier alpha value is -3.88. The number of pyridine rings is 1. The molecule has 4 heterocycles. The van der Waals surface area contributed by atoms with Crippen LogP contribution in [-0.2, 0) is 18.9 Å². The molecular weight excluding hydrogens is 452 g/mol. The zero-order valence-electron chi connectivity index (χ0n) is 18.0. The lowest BCUT2D eigenvalue weighted by atomic mass is 10.1. The highest BCUT2D eigenvalue weighted by Crippen LogP contribution is 2.43. The Morgan fingerprint density at radius 3 is 2.71 bits per heavy atom. The van der Waals surface area contributed by atoms with Gasteiger partial charge in [-0.3, -0.25) is 14.9 Å². The molecule has 0 bridgehead atoms. The molecule has 5 rings (SSSR count). The fourth-order valence-electron chi connectivity index (χ4n) is 4.11. The third-order valence-corrected chi connectivity index (χ3v) is 5.55. The molecule has 3 N–H and O–H groups in total. The van der Waals surface area contributed by atoms with Crippen molar-refractivity contribution in [2.45, 2.75) is 44.2 Å². The van der Waals surface area contributed by atoms with E-state index in [2.05, 4.69) is 15.3 Å². The predicted molar refractivity (Wildman–Crippen MR) is 114 cm³/mol. The van der Waals surface area contributed by atoms with Crippen molar-refractivity contribution in [1.29, 1.82) is 0 Å². The number of nitrogens with one attached hydrogen (secondary N) is 1. The number of rotatable bonds is 5. The second-order valence-corrected chi connectivity index (χ2v) is 8.35. The number of benzene rings is 1. The Bertz CT molecular complexity index is 1330. The Morgan fingerprint density at radius 1 is 1.29 bits per heavy atom. The summed E-state index contributed by atoms with van der Waals surface area (Å²) in [4.78, 5) is 37.3. The van der Waals surface area contributed by atoms with Gasteiger partial charge in [-0.25, -0.2) is 9.48 Å². The second kappa shape index (κ2) is 7.86. The first-order chi connectivity index (χ1) is 16.1. The summed E-state index contributed by atoms with van der Waals surface area (Å²) in [6.07, 6.45) is -2.80. The average molecular weight is 472 g/mol. The number of ether oxygens (including phenoxy) is 4. The number of aromatic amines is 1. The van der Waals surface area contributed by atoms with Gasteiger partial charge in [0.15, 0.2) is 17.5 Å². The number of hydrogen-bond donors (Lipinski definition) is 2. The van der Waals surface area contributed by atoms with Crippen molar-refractivity contribution in [1.82, 2.24) is 20.0 Å². The molecule has 34 heavy (non-hydrogen) atoms. The van der Waals surface area contributed by atoms with E-state index in [0.29, 0.717) is 5.52 Å². The molecule has 0 unspecified atom stereocenters. The number of aromatic nitrogens is 4. The van der Waals surface area contributed by atoms with E-state index in [1.807, 2.05) is 0 Å². The minimum Gasteiger partial charge on any atom is -0.459 e. The number of nitro benzene ring substituents is 1. The van der Waals surface area contributed by atoms with Crippen molar-refractivity contribution >= 4 is 28.5 Å². The number of nitro groups is 1. The lowest BCUT2D eigenvalue weighted by Gasteiger charge is -2.24. The summed E-state index contributed by atoms with van der Waals surface area (Å²) in [6.45, 7) is 3.30. The van der Waals surface area contributed by atoms with Gasteiger partial charge in [0, 0.05) is 18.2 Å². The summed E-state index contributed by atoms with van der Waals surface area (Å²) in [5.74, 6) is -1.49. The van der Waals surface area contributed by atoms with Crippen molar-refractivity contribution in [3.63, 3.8) is 0 Å². The number of esters is 1. The molecule has 2 fully saturated rings. The Balaban J connectivity index is 1.37. The molecule has 2 aliphatic rings. The highest BCUT2D eigenvalue weighted by atomic mass is 16.8. The molecule has 0 saturated carbocycles. The van der Waals surface area contributed by atoms with Crippen molar-refractivity contribution in [3.05, 3.63) is 56.4 Å². The molecule has 14 heteroatoms. The van der Waals surface area contributed by atoms with E-state index >= 15 is 0 Å². The first kappa shape index (κ1) is 21.9. The number of carbonyl (C=O) groups excluding carboxylic acids is 1. The van der Waals surface area contributed by atoms with Crippen LogP contribution in [0.2, 0.25) is 0 Å². The van der Waals surface area contributed by atoms with Crippen molar-refractivity contribution < 1.29 is 28.7 Å². The quantitative estimate of drug-likeness (QED) is 0.305. The zero-order valence-corrected chi connectivity index (χ0v) is 18.0. The molecule has 14 nitrogen and oxygen atoms in total. The van der Waals surface area contributed by atoms with E-state index < -0.39 is 46.8 Å². The summed E-state index contributed by atoms with van der Waals surface area (Å²) >= 11 is 0. The molecule has 2 saturated heterocycles. The summed E-state index contributed by atoms with van der Waals surface area (Å²) in [5.41, 5.74) is 5.73. The Kier molecular flexibility index (Phi) is 5.07. The normalized spacial score (nSPS) is 25.4. The zero-order chi connectivity index (χ0) is 24.2. The van der Waals surface area contributed by atoms with Crippen LogP contribution in [0.5, 0.6) is 0 Å². The van der Waals surface area contributed by atoms with Gasteiger partial charge in [0.05, 0.1) is 10.5 Å². The summed E-state index contributed by atoms with van der Waals surface area (Å²) in [7, 11) is 0. The molecule has 0 aliphatic carbocycles. The summed E-state index contributed by atoms with van der Waals surface area (Å²) in [5, 5.41) is 18.8. The number of nitrogens with zero attached hydrogens (tertiary/aromatic N) is 4. The Morgan fingerprint density at radius 2 is 2.00 bits per heavy atom. The lowest BCUT2D eigenvalue weighted by molar-refractivity contribution is -0.384. The number of fused-ring (bicyclic) bond motifs is 2. The topological polar surface area (TPSA) is 187 Å². The maximum absolute atomic E-state index is 12.5. The highest BCUT2D eigenvalue weighted by Gasteiger charge is 2.56. The first-order valence-electron chi connectivity index (χ1n) is 10.3. The van der Waals surface area contributed by atoms with Gasteiger partial charge in [0.2, 0.25) is 0 Å². The largest absolute Gasteiger partial charge is 0.459 e. The summed E-state index contributed by atoms with van der Waals surface area (Å²) in [6, 6.07) is 6.56. The molecule has 1 aromatic carbocycles. The van der Waals surface area contributed by atoms with E-state index in [1.54, 1.807) is 13.8 Å². The second-order valence-electron chi connectivity index (χ2n) is 8.35. The van der Waals surface area contributed by atoms with Crippen molar-refractivity contribution in [2.75, 3.05) is 12.3 Å². The number of H-pyrrole nitrogens is 1. The fraction of sp³-hybridized carbons (Fsp3) is 0.400. The molecule has 178 valence electrons. The van der Waals surface area contributed by atoms with Gasteiger partial charge in [-0.2, -0.15) is 0 Å². The standard InChI is InChI=1S/C20H20N6O8/c1-20(2)33-15-12(8-31-19(28)9-3-5-10(6-4-9)26(29)30)32-18(16(15)34-20)25-11-7-13(21)22-17(27)14(11)23-24-25/h3-7,12,15-16,18H,8H2,1-2H3,(H3,21,22,27)/t12-,15-,16-,18+/m1/s1. The van der Waals surface area contributed by atoms with Gasteiger partial charge in [0.1, 0.15) is 36.3 Å². The van der Waals surface area contributed by atoms with E-state index in [0.717, 1.165) is 0 Å². The van der Waals surface area contributed by atoms with Gasteiger partial charge < -0.3 is 29.7 Å². The highest BCUT2D eigenvalue weighted by molar-refractivity contribution is 5.89. The lowest BCUT2D eigenvalue weighted by Crippen LogP contribution is -2.33. The molecule has 0 amide bonds. The Labute approximate surface area is 190 Å². The van der Waals surface area contributed by atoms with Gasteiger partial charge in [-0.15, -0.1) is 5.10 Å². The van der Waals surface area contributed by atoms with Crippen LogP contribution in [0, 0.1) is 10.1 Å². The summed E-state index contributed by atoms with van der Waals surface area (Å²) < 4.78 is 24.9. The van der Waals surface area contributed by atoms with E-state index in [1.165, 1.54) is 35.0 Å². The molecule has 4 atom stereocenters. The third kappa shape index (κ3) is 3.76. The fourth-order valence-corrected chi connectivity index (χ4v) is 4.11.